The molecule has 218 valence electrons. The third kappa shape index (κ3) is 5.62. The molecule has 4 aromatic rings. The summed E-state index contributed by atoms with van der Waals surface area (Å²) in [5, 5.41) is 1.07. The molecule has 7 nitrogen and oxygen atoms in total. The van der Waals surface area contributed by atoms with Crippen LogP contribution in [0.1, 0.15) is 67.5 Å². The lowest BCUT2D eigenvalue weighted by Crippen LogP contribution is -2.39. The van der Waals surface area contributed by atoms with Crippen LogP contribution < -0.4 is 0 Å². The van der Waals surface area contributed by atoms with E-state index >= 15 is 0 Å². The van der Waals surface area contributed by atoms with Crippen molar-refractivity contribution in [2.75, 3.05) is 13.1 Å². The molecular weight excluding hydrogens is 531 g/mol. The minimum absolute atomic E-state index is 0.0153. The Hall–Kier alpha value is -4.20. The zero-order valence-electron chi connectivity index (χ0n) is 24.7. The Bertz CT molecular complexity index is 1650. The molecule has 42 heavy (non-hydrogen) atoms. The first-order chi connectivity index (χ1) is 20.1. The SMILES string of the molecule is Cc1c[nH]c2ncc(-c3cc4c(c(C5CCCN5C(=O)OC(C)(C)C)c3)CCN(C(=O)Cc3ccc(F)cc3)C4)cc12. The summed E-state index contributed by atoms with van der Waals surface area (Å²) in [6, 6.07) is 12.6. The largest absolute Gasteiger partial charge is 0.444 e. The van der Waals surface area contributed by atoms with Crippen molar-refractivity contribution in [2.24, 2.45) is 0 Å². The number of nitrogens with one attached hydrogen (secondary N) is 1. The average Bonchev–Trinajstić information content (AvgIpc) is 3.59. The van der Waals surface area contributed by atoms with Crippen molar-refractivity contribution in [3.63, 3.8) is 0 Å². The number of amides is 2. The Labute approximate surface area is 245 Å². The first-order valence-corrected chi connectivity index (χ1v) is 14.7. The summed E-state index contributed by atoms with van der Waals surface area (Å²) in [6.07, 6.45) is 6.24. The van der Waals surface area contributed by atoms with E-state index < -0.39 is 5.60 Å². The molecule has 4 heterocycles. The lowest BCUT2D eigenvalue weighted by Gasteiger charge is -2.34. The van der Waals surface area contributed by atoms with Gasteiger partial charge >= 0.3 is 6.09 Å². The van der Waals surface area contributed by atoms with Gasteiger partial charge in [-0.3, -0.25) is 4.79 Å². The minimum atomic E-state index is -0.577. The second-order valence-electron chi connectivity index (χ2n) is 12.5. The standard InChI is InChI=1S/C34H37FN4O3/c1-21-18-36-32-28(21)17-24(19-37-32)23-15-25-20-38(31(40)14-22-7-9-26(35)10-8-22)13-11-27(25)29(16-23)30-6-5-12-39(30)33(41)42-34(2,3)4/h7-10,15-19,30H,5-6,11-14,20H2,1-4H3,(H,36,37). The predicted molar refractivity (Wildman–Crippen MR) is 160 cm³/mol. The number of pyridine rings is 1. The number of aryl methyl sites for hydroxylation is 1. The summed E-state index contributed by atoms with van der Waals surface area (Å²) in [5.74, 6) is -0.297. The van der Waals surface area contributed by atoms with Crippen LogP contribution in [0, 0.1) is 12.7 Å². The number of H-pyrrole nitrogens is 1. The third-order valence-corrected chi connectivity index (χ3v) is 8.30. The predicted octanol–water partition coefficient (Wildman–Crippen LogP) is 6.88. The van der Waals surface area contributed by atoms with Gasteiger partial charge in [0.2, 0.25) is 5.91 Å². The van der Waals surface area contributed by atoms with Gasteiger partial charge in [0, 0.05) is 43.0 Å². The number of aromatic amines is 1. The molecule has 2 aliphatic rings. The Morgan fingerprint density at radius 3 is 2.64 bits per heavy atom. The van der Waals surface area contributed by atoms with Crippen molar-refractivity contribution in [3.8, 4) is 11.1 Å². The van der Waals surface area contributed by atoms with E-state index in [1.807, 2.05) is 43.0 Å². The number of carbonyl (C=O) groups excluding carboxylic acids is 2. The lowest BCUT2D eigenvalue weighted by atomic mass is 9.86. The summed E-state index contributed by atoms with van der Waals surface area (Å²) in [6.45, 7) is 9.45. The van der Waals surface area contributed by atoms with Gasteiger partial charge < -0.3 is 19.5 Å². The highest BCUT2D eigenvalue weighted by Gasteiger charge is 2.36. The van der Waals surface area contributed by atoms with E-state index in [1.165, 1.54) is 17.7 Å². The molecule has 1 unspecified atom stereocenters. The number of carbonyl (C=O) groups is 2. The van der Waals surface area contributed by atoms with E-state index in [0.29, 0.717) is 26.1 Å². The Balaban J connectivity index is 1.37. The maximum Gasteiger partial charge on any atom is 0.410 e. The fourth-order valence-electron chi connectivity index (χ4n) is 6.22. The van der Waals surface area contributed by atoms with E-state index in [0.717, 1.165) is 57.3 Å². The highest BCUT2D eigenvalue weighted by atomic mass is 19.1. The molecule has 6 rings (SSSR count). The molecule has 1 fully saturated rings. The first kappa shape index (κ1) is 27.9. The van der Waals surface area contributed by atoms with E-state index in [2.05, 4.69) is 35.1 Å². The molecule has 8 heteroatoms. The normalized spacial score (nSPS) is 17.0. The summed E-state index contributed by atoms with van der Waals surface area (Å²) >= 11 is 0. The molecule has 1 N–H and O–H groups in total. The summed E-state index contributed by atoms with van der Waals surface area (Å²) in [5.41, 5.74) is 7.62. The topological polar surface area (TPSA) is 78.5 Å². The zero-order valence-corrected chi connectivity index (χ0v) is 24.7. The van der Waals surface area contributed by atoms with Crippen molar-refractivity contribution >= 4 is 23.0 Å². The van der Waals surface area contributed by atoms with Crippen LogP contribution in [0.4, 0.5) is 9.18 Å². The molecule has 2 aliphatic heterocycles. The van der Waals surface area contributed by atoms with Gasteiger partial charge in [-0.25, -0.2) is 14.2 Å². The van der Waals surface area contributed by atoms with Gasteiger partial charge in [-0.2, -0.15) is 0 Å². The lowest BCUT2D eigenvalue weighted by molar-refractivity contribution is -0.131. The fraction of sp³-hybridized carbons (Fsp3) is 0.382. The Kier molecular flexibility index (Phi) is 7.25. The van der Waals surface area contributed by atoms with Gasteiger partial charge in [0.25, 0.3) is 0 Å². The van der Waals surface area contributed by atoms with Gasteiger partial charge in [0.05, 0.1) is 12.5 Å². The molecule has 2 aromatic carbocycles. The van der Waals surface area contributed by atoms with Crippen LogP contribution in [-0.2, 0) is 28.9 Å². The number of hydrogen-bond acceptors (Lipinski definition) is 4. The number of fused-ring (bicyclic) bond motifs is 2. The zero-order chi connectivity index (χ0) is 29.6. The number of hydrogen-bond donors (Lipinski definition) is 1. The number of halogens is 1. The van der Waals surface area contributed by atoms with Crippen molar-refractivity contribution in [1.82, 2.24) is 19.8 Å². The molecule has 0 bridgehead atoms. The number of aromatic nitrogens is 2. The monoisotopic (exact) mass is 568 g/mol. The maximum absolute atomic E-state index is 13.4. The second-order valence-corrected chi connectivity index (χ2v) is 12.5. The Morgan fingerprint density at radius 1 is 1.10 bits per heavy atom. The van der Waals surface area contributed by atoms with E-state index in [4.69, 9.17) is 4.74 Å². The smallest absolute Gasteiger partial charge is 0.410 e. The van der Waals surface area contributed by atoms with Gasteiger partial charge in [-0.15, -0.1) is 0 Å². The molecule has 1 saturated heterocycles. The van der Waals surface area contributed by atoms with Crippen LogP contribution in [0.25, 0.3) is 22.2 Å². The molecule has 0 radical (unpaired) electrons. The molecule has 0 saturated carbocycles. The number of rotatable bonds is 4. The third-order valence-electron chi connectivity index (χ3n) is 8.30. The molecule has 0 aliphatic carbocycles. The number of nitrogens with zero attached hydrogens (tertiary/aromatic N) is 3. The molecule has 2 amide bonds. The molecular formula is C34H37FN4O3. The number of ether oxygens (including phenoxy) is 1. The number of benzene rings is 2. The second kappa shape index (κ2) is 10.9. The summed E-state index contributed by atoms with van der Waals surface area (Å²) in [7, 11) is 0. The van der Waals surface area contributed by atoms with Crippen LogP contribution >= 0.6 is 0 Å². The van der Waals surface area contributed by atoms with E-state index in [1.54, 1.807) is 12.1 Å². The Morgan fingerprint density at radius 2 is 1.88 bits per heavy atom. The van der Waals surface area contributed by atoms with Crippen LogP contribution in [0.15, 0.2) is 54.9 Å². The van der Waals surface area contributed by atoms with Crippen molar-refractivity contribution < 1.29 is 18.7 Å². The van der Waals surface area contributed by atoms with E-state index in [-0.39, 0.29) is 30.3 Å². The van der Waals surface area contributed by atoms with E-state index in [9.17, 15) is 14.0 Å². The molecule has 2 aromatic heterocycles. The van der Waals surface area contributed by atoms with Crippen LogP contribution in [0.2, 0.25) is 0 Å². The van der Waals surface area contributed by atoms with Crippen LogP contribution in [-0.4, -0.2) is 50.5 Å². The van der Waals surface area contributed by atoms with Gasteiger partial charge in [0.1, 0.15) is 17.1 Å². The van der Waals surface area contributed by atoms with Crippen molar-refractivity contribution in [3.05, 3.63) is 88.5 Å². The van der Waals surface area contributed by atoms with Gasteiger partial charge in [0.15, 0.2) is 0 Å². The number of likely N-dealkylation sites (tertiary alicyclic amines) is 1. The first-order valence-electron chi connectivity index (χ1n) is 14.7. The highest BCUT2D eigenvalue weighted by Crippen LogP contribution is 2.40. The van der Waals surface area contributed by atoms with Gasteiger partial charge in [-0.1, -0.05) is 12.1 Å². The van der Waals surface area contributed by atoms with Crippen molar-refractivity contribution in [2.45, 2.75) is 71.6 Å². The van der Waals surface area contributed by atoms with Gasteiger partial charge in [-0.05, 0) is 111 Å². The highest BCUT2D eigenvalue weighted by molar-refractivity contribution is 5.85. The minimum Gasteiger partial charge on any atom is -0.444 e. The van der Waals surface area contributed by atoms with Crippen LogP contribution in [0.5, 0.6) is 0 Å². The molecule has 0 spiro atoms. The summed E-state index contributed by atoms with van der Waals surface area (Å²) < 4.78 is 19.2. The quantitative estimate of drug-likeness (QED) is 0.291. The summed E-state index contributed by atoms with van der Waals surface area (Å²) in [4.78, 5) is 38.2. The fourth-order valence-corrected chi connectivity index (χ4v) is 6.22. The van der Waals surface area contributed by atoms with Crippen molar-refractivity contribution in [1.29, 1.82) is 0 Å². The van der Waals surface area contributed by atoms with Crippen LogP contribution in [0.3, 0.4) is 0 Å². The molecule has 1 atom stereocenters. The average molecular weight is 569 g/mol. The maximum atomic E-state index is 13.4.